The molecular weight excluding hydrogens is 406 g/mol. The number of benzene rings is 2. The Morgan fingerprint density at radius 2 is 1.90 bits per heavy atom. The lowest BCUT2D eigenvalue weighted by molar-refractivity contribution is -0.123. The SMILES string of the molecule is CC[C@@H](Oc1ccc(=O)n(-c2cc(Cl)ccc2C)n1)C(=O)Nc1ccc(OC)cc1. The number of ether oxygens (including phenoxy) is 2. The van der Waals surface area contributed by atoms with Gasteiger partial charge >= 0.3 is 0 Å². The lowest BCUT2D eigenvalue weighted by Gasteiger charge is -2.17. The van der Waals surface area contributed by atoms with Crippen molar-refractivity contribution in [3.63, 3.8) is 0 Å². The third-order valence-corrected chi connectivity index (χ3v) is 4.69. The van der Waals surface area contributed by atoms with Gasteiger partial charge in [0.05, 0.1) is 12.8 Å². The minimum Gasteiger partial charge on any atom is -0.497 e. The number of hydrogen-bond acceptors (Lipinski definition) is 5. The highest BCUT2D eigenvalue weighted by molar-refractivity contribution is 6.30. The molecule has 7 nitrogen and oxygen atoms in total. The fourth-order valence-electron chi connectivity index (χ4n) is 2.81. The Morgan fingerprint density at radius 1 is 1.17 bits per heavy atom. The van der Waals surface area contributed by atoms with Gasteiger partial charge in [0.2, 0.25) is 5.88 Å². The van der Waals surface area contributed by atoms with Gasteiger partial charge in [-0.25, -0.2) is 0 Å². The monoisotopic (exact) mass is 427 g/mol. The highest BCUT2D eigenvalue weighted by Crippen LogP contribution is 2.19. The molecule has 3 aromatic rings. The molecule has 1 heterocycles. The first kappa shape index (κ1) is 21.4. The van der Waals surface area contributed by atoms with Crippen molar-refractivity contribution in [2.75, 3.05) is 12.4 Å². The topological polar surface area (TPSA) is 82.5 Å². The summed E-state index contributed by atoms with van der Waals surface area (Å²) in [6, 6.07) is 15.0. The number of nitrogens with one attached hydrogen (secondary N) is 1. The Morgan fingerprint density at radius 3 is 2.57 bits per heavy atom. The van der Waals surface area contributed by atoms with E-state index in [0.29, 0.717) is 28.6 Å². The molecule has 0 aliphatic carbocycles. The van der Waals surface area contributed by atoms with Crippen molar-refractivity contribution >= 4 is 23.2 Å². The van der Waals surface area contributed by atoms with Gasteiger partial charge in [0.1, 0.15) is 5.75 Å². The molecule has 0 unspecified atom stereocenters. The summed E-state index contributed by atoms with van der Waals surface area (Å²) in [5.74, 6) is 0.533. The van der Waals surface area contributed by atoms with Gasteiger partial charge in [-0.15, -0.1) is 5.10 Å². The van der Waals surface area contributed by atoms with E-state index in [4.69, 9.17) is 21.1 Å². The minimum atomic E-state index is -0.786. The van der Waals surface area contributed by atoms with Gasteiger partial charge in [0.25, 0.3) is 11.5 Å². The number of hydrogen-bond donors (Lipinski definition) is 1. The van der Waals surface area contributed by atoms with E-state index in [1.54, 1.807) is 49.6 Å². The molecule has 0 fully saturated rings. The third-order valence-electron chi connectivity index (χ3n) is 4.46. The predicted molar refractivity (Wildman–Crippen MR) is 116 cm³/mol. The summed E-state index contributed by atoms with van der Waals surface area (Å²) in [5, 5.41) is 7.56. The molecular formula is C22H22ClN3O4. The Hall–Kier alpha value is -3.32. The number of aromatic nitrogens is 2. The fraction of sp³-hybridized carbons (Fsp3) is 0.227. The van der Waals surface area contributed by atoms with Crippen LogP contribution >= 0.6 is 11.6 Å². The van der Waals surface area contributed by atoms with Crippen LogP contribution in [0.25, 0.3) is 5.69 Å². The summed E-state index contributed by atoms with van der Waals surface area (Å²) in [4.78, 5) is 25.0. The minimum absolute atomic E-state index is 0.158. The molecule has 156 valence electrons. The van der Waals surface area contributed by atoms with E-state index >= 15 is 0 Å². The molecule has 0 radical (unpaired) electrons. The van der Waals surface area contributed by atoms with Crippen molar-refractivity contribution in [3.05, 3.63) is 75.5 Å². The van der Waals surface area contributed by atoms with E-state index in [2.05, 4.69) is 10.4 Å². The van der Waals surface area contributed by atoms with E-state index in [1.165, 1.54) is 16.8 Å². The van der Waals surface area contributed by atoms with Crippen molar-refractivity contribution in [1.82, 2.24) is 9.78 Å². The average Bonchev–Trinajstić information content (AvgIpc) is 2.75. The number of nitrogens with zero attached hydrogens (tertiary/aromatic N) is 2. The number of anilines is 1. The van der Waals surface area contributed by atoms with Gasteiger partial charge in [0.15, 0.2) is 6.10 Å². The van der Waals surface area contributed by atoms with Gasteiger partial charge < -0.3 is 14.8 Å². The highest BCUT2D eigenvalue weighted by Gasteiger charge is 2.20. The van der Waals surface area contributed by atoms with Crippen LogP contribution in [-0.2, 0) is 4.79 Å². The summed E-state index contributed by atoms with van der Waals surface area (Å²) in [5.41, 5.74) is 1.67. The van der Waals surface area contributed by atoms with Crippen molar-refractivity contribution < 1.29 is 14.3 Å². The molecule has 0 aliphatic heterocycles. The zero-order valence-corrected chi connectivity index (χ0v) is 17.6. The van der Waals surface area contributed by atoms with Crippen LogP contribution < -0.4 is 20.3 Å². The molecule has 1 aromatic heterocycles. The van der Waals surface area contributed by atoms with E-state index < -0.39 is 6.10 Å². The Bertz CT molecular complexity index is 1100. The molecule has 1 atom stereocenters. The first-order valence-electron chi connectivity index (χ1n) is 9.39. The maximum atomic E-state index is 12.6. The van der Waals surface area contributed by atoms with Gasteiger partial charge in [-0.2, -0.15) is 4.68 Å². The van der Waals surface area contributed by atoms with Gasteiger partial charge in [0, 0.05) is 22.8 Å². The number of methoxy groups -OCH3 is 1. The van der Waals surface area contributed by atoms with Crippen LogP contribution in [0.5, 0.6) is 11.6 Å². The average molecular weight is 428 g/mol. The zero-order valence-electron chi connectivity index (χ0n) is 16.9. The summed E-state index contributed by atoms with van der Waals surface area (Å²) < 4.78 is 12.1. The summed E-state index contributed by atoms with van der Waals surface area (Å²) >= 11 is 6.07. The second kappa shape index (κ2) is 9.45. The molecule has 1 N–H and O–H groups in total. The zero-order chi connectivity index (χ0) is 21.7. The second-order valence-corrected chi connectivity index (χ2v) is 7.02. The van der Waals surface area contributed by atoms with Crippen LogP contribution in [0.3, 0.4) is 0 Å². The fourth-order valence-corrected chi connectivity index (χ4v) is 2.97. The molecule has 30 heavy (non-hydrogen) atoms. The van der Waals surface area contributed by atoms with E-state index in [1.807, 2.05) is 13.8 Å². The van der Waals surface area contributed by atoms with Crippen LogP contribution in [0.1, 0.15) is 18.9 Å². The molecule has 0 bridgehead atoms. The van der Waals surface area contributed by atoms with E-state index in [9.17, 15) is 9.59 Å². The number of halogens is 1. The second-order valence-electron chi connectivity index (χ2n) is 6.58. The number of carbonyl (C=O) groups excluding carboxylic acids is 1. The van der Waals surface area contributed by atoms with Crippen molar-refractivity contribution in [1.29, 1.82) is 0 Å². The summed E-state index contributed by atoms with van der Waals surface area (Å²) in [7, 11) is 1.58. The van der Waals surface area contributed by atoms with Crippen LogP contribution in [0.2, 0.25) is 5.02 Å². The van der Waals surface area contributed by atoms with Crippen LogP contribution in [0, 0.1) is 6.92 Å². The Balaban J connectivity index is 1.80. The molecule has 0 spiro atoms. The standard InChI is InChI=1S/C22H22ClN3O4/c1-4-19(22(28)24-16-7-9-17(29-3)10-8-16)30-20-11-12-21(27)26(25-20)18-13-15(23)6-5-14(18)2/h5-13,19H,4H2,1-3H3,(H,24,28)/t19-/m1/s1. The molecule has 0 saturated heterocycles. The number of carbonyl (C=O) groups is 1. The lowest BCUT2D eigenvalue weighted by atomic mass is 10.2. The smallest absolute Gasteiger partial charge is 0.271 e. The van der Waals surface area contributed by atoms with E-state index in [-0.39, 0.29) is 17.3 Å². The molecule has 2 aromatic carbocycles. The van der Waals surface area contributed by atoms with Gasteiger partial charge in [-0.3, -0.25) is 9.59 Å². The Labute approximate surface area is 179 Å². The molecule has 3 rings (SSSR count). The number of amides is 1. The lowest BCUT2D eigenvalue weighted by Crippen LogP contribution is -2.33. The summed E-state index contributed by atoms with van der Waals surface area (Å²) in [6.45, 7) is 3.68. The molecule has 1 amide bonds. The third kappa shape index (κ3) is 4.99. The van der Waals surface area contributed by atoms with Crippen molar-refractivity contribution in [2.45, 2.75) is 26.4 Å². The molecule has 0 saturated carbocycles. The van der Waals surface area contributed by atoms with Crippen molar-refractivity contribution in [2.24, 2.45) is 0 Å². The maximum Gasteiger partial charge on any atom is 0.271 e. The van der Waals surface area contributed by atoms with Crippen molar-refractivity contribution in [3.8, 4) is 17.3 Å². The van der Waals surface area contributed by atoms with Gasteiger partial charge in [-0.1, -0.05) is 24.6 Å². The maximum absolute atomic E-state index is 12.6. The normalized spacial score (nSPS) is 11.6. The molecule has 0 aliphatic rings. The van der Waals surface area contributed by atoms with Crippen LogP contribution in [0.15, 0.2) is 59.4 Å². The number of aryl methyl sites for hydroxylation is 1. The highest BCUT2D eigenvalue weighted by atomic mass is 35.5. The van der Waals surface area contributed by atoms with E-state index in [0.717, 1.165) is 5.56 Å². The van der Waals surface area contributed by atoms with Crippen LogP contribution in [0.4, 0.5) is 5.69 Å². The first-order valence-corrected chi connectivity index (χ1v) is 9.77. The predicted octanol–water partition coefficient (Wildman–Crippen LogP) is 4.00. The van der Waals surface area contributed by atoms with Gasteiger partial charge in [-0.05, 0) is 55.3 Å². The first-order chi connectivity index (χ1) is 14.4. The Kier molecular flexibility index (Phi) is 6.74. The largest absolute Gasteiger partial charge is 0.497 e. The summed E-state index contributed by atoms with van der Waals surface area (Å²) in [6.07, 6.45) is -0.370. The molecule has 8 heteroatoms. The number of rotatable bonds is 7. The van der Waals surface area contributed by atoms with Crippen LogP contribution in [-0.4, -0.2) is 28.9 Å². The quantitative estimate of drug-likeness (QED) is 0.616.